The average Bonchev–Trinajstić information content (AvgIpc) is 2.51. The minimum Gasteiger partial charge on any atom is -0.388 e. The standard InChI is InChI=1S/C16H24N2O3/c1-12(16(20)17-9-5-11-21-2)18-10-8-15(19)13-6-3-4-7-14(13)18/h3-4,6-7,12,15,19H,5,8-11H2,1-2H3,(H,17,20). The molecule has 2 unspecified atom stereocenters. The summed E-state index contributed by atoms with van der Waals surface area (Å²) >= 11 is 0. The Kier molecular flexibility index (Phi) is 5.59. The first kappa shape index (κ1) is 15.8. The largest absolute Gasteiger partial charge is 0.388 e. The molecule has 1 aliphatic heterocycles. The molecule has 116 valence electrons. The van der Waals surface area contributed by atoms with Gasteiger partial charge in [0, 0.05) is 38.1 Å². The molecular weight excluding hydrogens is 268 g/mol. The number of anilines is 1. The number of nitrogens with zero attached hydrogens (tertiary/aromatic N) is 1. The van der Waals surface area contributed by atoms with E-state index < -0.39 is 6.10 Å². The fourth-order valence-corrected chi connectivity index (χ4v) is 2.69. The van der Waals surface area contributed by atoms with Crippen molar-refractivity contribution >= 4 is 11.6 Å². The zero-order chi connectivity index (χ0) is 15.2. The summed E-state index contributed by atoms with van der Waals surface area (Å²) in [6.45, 7) is 3.85. The Morgan fingerprint density at radius 1 is 1.52 bits per heavy atom. The second-order valence-electron chi connectivity index (χ2n) is 5.37. The van der Waals surface area contributed by atoms with Crippen molar-refractivity contribution in [3.8, 4) is 0 Å². The molecule has 5 heteroatoms. The molecule has 2 N–H and O–H groups in total. The summed E-state index contributed by atoms with van der Waals surface area (Å²) in [5, 5.41) is 13.0. The molecular formula is C16H24N2O3. The van der Waals surface area contributed by atoms with Gasteiger partial charge in [-0.25, -0.2) is 0 Å². The molecule has 21 heavy (non-hydrogen) atoms. The Hall–Kier alpha value is -1.59. The van der Waals surface area contributed by atoms with Crippen LogP contribution in [0.1, 0.15) is 31.4 Å². The molecule has 0 saturated heterocycles. The molecule has 5 nitrogen and oxygen atoms in total. The maximum atomic E-state index is 12.2. The topological polar surface area (TPSA) is 61.8 Å². The summed E-state index contributed by atoms with van der Waals surface area (Å²) in [6.07, 6.45) is 1.03. The molecule has 0 saturated carbocycles. The lowest BCUT2D eigenvalue weighted by molar-refractivity contribution is -0.122. The molecule has 1 aliphatic rings. The van der Waals surface area contributed by atoms with E-state index in [1.165, 1.54) is 0 Å². The highest BCUT2D eigenvalue weighted by molar-refractivity contribution is 5.85. The number of aliphatic hydroxyl groups excluding tert-OH is 1. The van der Waals surface area contributed by atoms with E-state index in [1.807, 2.05) is 31.2 Å². The predicted molar refractivity (Wildman–Crippen MR) is 82.3 cm³/mol. The molecule has 0 aromatic heterocycles. The summed E-state index contributed by atoms with van der Waals surface area (Å²) in [6, 6.07) is 7.50. The van der Waals surface area contributed by atoms with Gasteiger partial charge < -0.3 is 20.1 Å². The van der Waals surface area contributed by atoms with Gasteiger partial charge in [-0.15, -0.1) is 0 Å². The van der Waals surface area contributed by atoms with Crippen LogP contribution in [-0.2, 0) is 9.53 Å². The molecule has 1 heterocycles. The van der Waals surface area contributed by atoms with Crippen LogP contribution in [0.25, 0.3) is 0 Å². The number of benzene rings is 1. The van der Waals surface area contributed by atoms with Crippen molar-refractivity contribution in [3.63, 3.8) is 0 Å². The number of methoxy groups -OCH3 is 1. The molecule has 1 aromatic rings. The Balaban J connectivity index is 2.01. The Morgan fingerprint density at radius 2 is 2.29 bits per heavy atom. The minimum atomic E-state index is -0.436. The smallest absolute Gasteiger partial charge is 0.242 e. The van der Waals surface area contributed by atoms with Gasteiger partial charge in [-0.2, -0.15) is 0 Å². The van der Waals surface area contributed by atoms with E-state index in [0.29, 0.717) is 26.1 Å². The third-order valence-electron chi connectivity index (χ3n) is 3.92. The number of rotatable bonds is 6. The fraction of sp³-hybridized carbons (Fsp3) is 0.562. The van der Waals surface area contributed by atoms with Crippen molar-refractivity contribution in [3.05, 3.63) is 29.8 Å². The summed E-state index contributed by atoms with van der Waals surface area (Å²) in [7, 11) is 1.65. The van der Waals surface area contributed by atoms with E-state index in [2.05, 4.69) is 10.2 Å². The van der Waals surface area contributed by atoms with Gasteiger partial charge in [-0.05, 0) is 25.8 Å². The highest BCUT2D eigenvalue weighted by Crippen LogP contribution is 2.34. The quantitative estimate of drug-likeness (QED) is 0.780. The molecule has 0 fully saturated rings. The summed E-state index contributed by atoms with van der Waals surface area (Å²) in [5.74, 6) is 0.0114. The first-order valence-corrected chi connectivity index (χ1v) is 7.45. The van der Waals surface area contributed by atoms with Gasteiger partial charge in [-0.1, -0.05) is 18.2 Å². The number of ether oxygens (including phenoxy) is 1. The van der Waals surface area contributed by atoms with Crippen LogP contribution in [0.3, 0.4) is 0 Å². The van der Waals surface area contributed by atoms with Crippen molar-refractivity contribution in [2.45, 2.75) is 31.9 Å². The summed E-state index contributed by atoms with van der Waals surface area (Å²) in [4.78, 5) is 14.3. The van der Waals surface area contributed by atoms with E-state index in [-0.39, 0.29) is 11.9 Å². The van der Waals surface area contributed by atoms with Crippen LogP contribution in [0.4, 0.5) is 5.69 Å². The Labute approximate surface area is 125 Å². The highest BCUT2D eigenvalue weighted by atomic mass is 16.5. The van der Waals surface area contributed by atoms with Crippen LogP contribution in [-0.4, -0.2) is 43.9 Å². The van der Waals surface area contributed by atoms with Gasteiger partial charge in [-0.3, -0.25) is 4.79 Å². The first-order valence-electron chi connectivity index (χ1n) is 7.45. The maximum absolute atomic E-state index is 12.2. The van der Waals surface area contributed by atoms with Crippen LogP contribution >= 0.6 is 0 Å². The Bertz CT molecular complexity index is 478. The number of carbonyl (C=O) groups excluding carboxylic acids is 1. The van der Waals surface area contributed by atoms with Crippen LogP contribution in [0, 0.1) is 0 Å². The van der Waals surface area contributed by atoms with Gasteiger partial charge >= 0.3 is 0 Å². The van der Waals surface area contributed by atoms with Crippen molar-refractivity contribution in [2.75, 3.05) is 31.7 Å². The molecule has 2 atom stereocenters. The predicted octanol–water partition coefficient (Wildman–Crippen LogP) is 1.47. The third kappa shape index (κ3) is 3.74. The molecule has 0 spiro atoms. The lowest BCUT2D eigenvalue weighted by atomic mass is 9.97. The van der Waals surface area contributed by atoms with E-state index >= 15 is 0 Å². The highest BCUT2D eigenvalue weighted by Gasteiger charge is 2.29. The monoisotopic (exact) mass is 292 g/mol. The number of hydrogen-bond acceptors (Lipinski definition) is 4. The lowest BCUT2D eigenvalue weighted by Crippen LogP contribution is -2.48. The number of amides is 1. The SMILES string of the molecule is COCCCNC(=O)C(C)N1CCC(O)c2ccccc21. The number of carbonyl (C=O) groups is 1. The second kappa shape index (κ2) is 7.43. The van der Waals surface area contributed by atoms with Crippen molar-refractivity contribution in [1.82, 2.24) is 5.32 Å². The molecule has 0 radical (unpaired) electrons. The second-order valence-corrected chi connectivity index (χ2v) is 5.37. The minimum absolute atomic E-state index is 0.0114. The van der Waals surface area contributed by atoms with Gasteiger partial charge in [0.15, 0.2) is 0 Å². The molecule has 0 bridgehead atoms. The zero-order valence-corrected chi connectivity index (χ0v) is 12.7. The summed E-state index contributed by atoms with van der Waals surface area (Å²) < 4.78 is 4.97. The summed E-state index contributed by atoms with van der Waals surface area (Å²) in [5.41, 5.74) is 1.86. The van der Waals surface area contributed by atoms with Gasteiger partial charge in [0.25, 0.3) is 0 Å². The number of para-hydroxylation sites is 1. The van der Waals surface area contributed by atoms with Gasteiger partial charge in [0.05, 0.1) is 6.10 Å². The number of aliphatic hydroxyl groups is 1. The lowest BCUT2D eigenvalue weighted by Gasteiger charge is -2.37. The van der Waals surface area contributed by atoms with E-state index in [4.69, 9.17) is 4.74 Å². The fourth-order valence-electron chi connectivity index (χ4n) is 2.69. The van der Waals surface area contributed by atoms with Crippen LogP contribution in [0.2, 0.25) is 0 Å². The third-order valence-corrected chi connectivity index (χ3v) is 3.92. The van der Waals surface area contributed by atoms with Crippen LogP contribution in [0.15, 0.2) is 24.3 Å². The number of nitrogens with one attached hydrogen (secondary N) is 1. The van der Waals surface area contributed by atoms with Crippen molar-refractivity contribution < 1.29 is 14.6 Å². The van der Waals surface area contributed by atoms with Gasteiger partial charge in [0.2, 0.25) is 5.91 Å². The van der Waals surface area contributed by atoms with Crippen LogP contribution < -0.4 is 10.2 Å². The molecule has 1 amide bonds. The molecule has 2 rings (SSSR count). The van der Waals surface area contributed by atoms with Crippen molar-refractivity contribution in [1.29, 1.82) is 0 Å². The van der Waals surface area contributed by atoms with Gasteiger partial charge in [0.1, 0.15) is 6.04 Å². The Morgan fingerprint density at radius 3 is 3.05 bits per heavy atom. The van der Waals surface area contributed by atoms with E-state index in [0.717, 1.165) is 17.7 Å². The van der Waals surface area contributed by atoms with E-state index in [9.17, 15) is 9.90 Å². The normalized spacial score (nSPS) is 19.0. The first-order chi connectivity index (χ1) is 10.1. The van der Waals surface area contributed by atoms with Crippen LogP contribution in [0.5, 0.6) is 0 Å². The number of hydrogen-bond donors (Lipinski definition) is 2. The average molecular weight is 292 g/mol. The molecule has 1 aromatic carbocycles. The van der Waals surface area contributed by atoms with E-state index in [1.54, 1.807) is 7.11 Å². The van der Waals surface area contributed by atoms with Crippen molar-refractivity contribution in [2.24, 2.45) is 0 Å². The number of fused-ring (bicyclic) bond motifs is 1. The molecule has 0 aliphatic carbocycles. The zero-order valence-electron chi connectivity index (χ0n) is 12.7. The maximum Gasteiger partial charge on any atom is 0.242 e.